The Bertz CT molecular complexity index is 638. The lowest BCUT2D eigenvalue weighted by atomic mass is 9.84. The van der Waals surface area contributed by atoms with Gasteiger partial charge >= 0.3 is 6.03 Å². The molecular formula is C19H23FN2O. The maximum atomic E-state index is 13.0. The van der Waals surface area contributed by atoms with Crippen LogP contribution in [0.5, 0.6) is 0 Å². The van der Waals surface area contributed by atoms with Crippen LogP contribution in [-0.4, -0.2) is 24.5 Å². The number of hydrogen-bond acceptors (Lipinski definition) is 1. The third kappa shape index (κ3) is 4.81. The Morgan fingerprint density at radius 2 is 1.70 bits per heavy atom. The number of hydrogen-bond donors (Lipinski definition) is 1. The quantitative estimate of drug-likeness (QED) is 0.890. The Kier molecular flexibility index (Phi) is 5.37. The van der Waals surface area contributed by atoms with Crippen molar-refractivity contribution in [3.63, 3.8) is 0 Å². The summed E-state index contributed by atoms with van der Waals surface area (Å²) in [6, 6.07) is 16.1. The second kappa shape index (κ2) is 7.27. The first-order chi connectivity index (χ1) is 10.9. The summed E-state index contributed by atoms with van der Waals surface area (Å²) in [5, 5.41) is 2.95. The molecule has 0 saturated heterocycles. The number of urea groups is 1. The fourth-order valence-corrected chi connectivity index (χ4v) is 2.36. The Morgan fingerprint density at radius 3 is 2.30 bits per heavy atom. The minimum Gasteiger partial charge on any atom is -0.337 e. The van der Waals surface area contributed by atoms with Gasteiger partial charge in [0.05, 0.1) is 0 Å². The maximum Gasteiger partial charge on any atom is 0.317 e. The van der Waals surface area contributed by atoms with Gasteiger partial charge in [-0.1, -0.05) is 56.3 Å². The van der Waals surface area contributed by atoms with Gasteiger partial charge in [0.2, 0.25) is 0 Å². The van der Waals surface area contributed by atoms with E-state index in [1.54, 1.807) is 24.1 Å². The topological polar surface area (TPSA) is 32.3 Å². The van der Waals surface area contributed by atoms with E-state index in [1.165, 1.54) is 12.1 Å². The molecule has 4 heteroatoms. The third-order valence-corrected chi connectivity index (χ3v) is 3.92. The number of nitrogens with zero attached hydrogens (tertiary/aromatic N) is 1. The van der Waals surface area contributed by atoms with Crippen LogP contribution in [0.25, 0.3) is 0 Å². The normalized spacial score (nSPS) is 11.1. The first-order valence-electron chi connectivity index (χ1n) is 7.67. The van der Waals surface area contributed by atoms with Crippen LogP contribution in [-0.2, 0) is 12.0 Å². The highest BCUT2D eigenvalue weighted by atomic mass is 19.1. The highest BCUT2D eigenvalue weighted by Gasteiger charge is 2.22. The molecular weight excluding hydrogens is 291 g/mol. The number of rotatable bonds is 5. The van der Waals surface area contributed by atoms with Crippen molar-refractivity contribution in [1.82, 2.24) is 10.2 Å². The van der Waals surface area contributed by atoms with Crippen molar-refractivity contribution in [2.45, 2.75) is 25.8 Å². The molecule has 0 atom stereocenters. The first-order valence-corrected chi connectivity index (χ1v) is 7.67. The second-order valence-corrected chi connectivity index (χ2v) is 6.39. The van der Waals surface area contributed by atoms with Gasteiger partial charge in [-0.25, -0.2) is 9.18 Å². The molecule has 0 saturated carbocycles. The van der Waals surface area contributed by atoms with Gasteiger partial charge in [-0.3, -0.25) is 0 Å². The van der Waals surface area contributed by atoms with Crippen molar-refractivity contribution in [2.24, 2.45) is 0 Å². The number of amides is 2. The van der Waals surface area contributed by atoms with E-state index >= 15 is 0 Å². The molecule has 3 nitrogen and oxygen atoms in total. The van der Waals surface area contributed by atoms with Gasteiger partial charge in [-0.2, -0.15) is 0 Å². The Hall–Kier alpha value is -2.36. The molecule has 0 aliphatic rings. The lowest BCUT2D eigenvalue weighted by molar-refractivity contribution is 0.204. The fraction of sp³-hybridized carbons (Fsp3) is 0.316. The van der Waals surface area contributed by atoms with E-state index in [1.807, 2.05) is 44.2 Å². The van der Waals surface area contributed by atoms with Gasteiger partial charge in [-0.05, 0) is 23.3 Å². The predicted molar refractivity (Wildman–Crippen MR) is 90.7 cm³/mol. The van der Waals surface area contributed by atoms with E-state index in [9.17, 15) is 9.18 Å². The van der Waals surface area contributed by atoms with E-state index in [4.69, 9.17) is 0 Å². The molecule has 2 aromatic carbocycles. The van der Waals surface area contributed by atoms with Crippen LogP contribution in [0.4, 0.5) is 9.18 Å². The summed E-state index contributed by atoms with van der Waals surface area (Å²) in [5.41, 5.74) is 1.81. The summed E-state index contributed by atoms with van der Waals surface area (Å²) in [6.45, 7) is 5.09. The van der Waals surface area contributed by atoms with Crippen LogP contribution in [0.1, 0.15) is 25.0 Å². The van der Waals surface area contributed by atoms with Crippen LogP contribution < -0.4 is 5.32 Å². The van der Waals surface area contributed by atoms with Gasteiger partial charge in [-0.15, -0.1) is 0 Å². The van der Waals surface area contributed by atoms with Gasteiger partial charge in [0, 0.05) is 25.6 Å². The van der Waals surface area contributed by atoms with Crippen molar-refractivity contribution in [1.29, 1.82) is 0 Å². The average molecular weight is 314 g/mol. The van der Waals surface area contributed by atoms with Crippen LogP contribution in [0, 0.1) is 5.82 Å². The highest BCUT2D eigenvalue weighted by Crippen LogP contribution is 2.22. The van der Waals surface area contributed by atoms with Gasteiger partial charge in [0.15, 0.2) is 0 Å². The molecule has 0 fully saturated rings. The number of carbonyl (C=O) groups excluding carboxylic acids is 1. The average Bonchev–Trinajstić information content (AvgIpc) is 2.54. The van der Waals surface area contributed by atoms with Crippen molar-refractivity contribution >= 4 is 6.03 Å². The minimum atomic E-state index is -0.267. The summed E-state index contributed by atoms with van der Waals surface area (Å²) in [5.74, 6) is -0.254. The van der Waals surface area contributed by atoms with E-state index in [0.29, 0.717) is 13.1 Å². The lowest BCUT2D eigenvalue weighted by Gasteiger charge is -2.27. The number of halogens is 1. The molecule has 0 bridgehead atoms. The zero-order chi connectivity index (χ0) is 16.9. The molecule has 0 aliphatic heterocycles. The third-order valence-electron chi connectivity index (χ3n) is 3.92. The monoisotopic (exact) mass is 314 g/mol. The number of carbonyl (C=O) groups is 1. The predicted octanol–water partition coefficient (Wildman–Crippen LogP) is 3.94. The summed E-state index contributed by atoms with van der Waals surface area (Å²) >= 11 is 0. The molecule has 0 spiro atoms. The smallest absolute Gasteiger partial charge is 0.317 e. The van der Waals surface area contributed by atoms with E-state index in [0.717, 1.165) is 11.1 Å². The first kappa shape index (κ1) is 17.0. The van der Waals surface area contributed by atoms with Crippen LogP contribution in [0.2, 0.25) is 0 Å². The standard InChI is InChI=1S/C19H23FN2O/c1-19(2,16-9-11-17(20)12-10-16)14-21-18(23)22(3)13-15-7-5-4-6-8-15/h4-12H,13-14H2,1-3H3,(H,21,23). The summed E-state index contributed by atoms with van der Waals surface area (Å²) in [7, 11) is 1.77. The summed E-state index contributed by atoms with van der Waals surface area (Å²) in [4.78, 5) is 13.9. The summed E-state index contributed by atoms with van der Waals surface area (Å²) < 4.78 is 13.0. The Labute approximate surface area is 137 Å². The van der Waals surface area contributed by atoms with Gasteiger partial charge in [0.1, 0.15) is 5.82 Å². The molecule has 0 unspecified atom stereocenters. The molecule has 0 aromatic heterocycles. The van der Waals surface area contributed by atoms with Crippen LogP contribution in [0.3, 0.4) is 0 Å². The molecule has 2 amide bonds. The minimum absolute atomic E-state index is 0.121. The van der Waals surface area contributed by atoms with Gasteiger partial charge in [0.25, 0.3) is 0 Å². The van der Waals surface area contributed by atoms with E-state index < -0.39 is 0 Å². The zero-order valence-electron chi connectivity index (χ0n) is 13.8. The maximum absolute atomic E-state index is 13.0. The molecule has 0 radical (unpaired) electrons. The van der Waals surface area contributed by atoms with Crippen LogP contribution >= 0.6 is 0 Å². The van der Waals surface area contributed by atoms with Gasteiger partial charge < -0.3 is 10.2 Å². The molecule has 1 N–H and O–H groups in total. The second-order valence-electron chi connectivity index (χ2n) is 6.39. The van der Waals surface area contributed by atoms with Crippen molar-refractivity contribution in [3.05, 3.63) is 71.5 Å². The van der Waals surface area contributed by atoms with Crippen molar-refractivity contribution < 1.29 is 9.18 Å². The fourth-order valence-electron chi connectivity index (χ4n) is 2.36. The highest BCUT2D eigenvalue weighted by molar-refractivity contribution is 5.74. The molecule has 0 heterocycles. The molecule has 0 aliphatic carbocycles. The molecule has 2 rings (SSSR count). The van der Waals surface area contributed by atoms with E-state index in [-0.39, 0.29) is 17.3 Å². The molecule has 23 heavy (non-hydrogen) atoms. The lowest BCUT2D eigenvalue weighted by Crippen LogP contribution is -2.42. The number of benzene rings is 2. The molecule has 2 aromatic rings. The van der Waals surface area contributed by atoms with Crippen molar-refractivity contribution in [3.8, 4) is 0 Å². The Morgan fingerprint density at radius 1 is 1.09 bits per heavy atom. The zero-order valence-corrected chi connectivity index (χ0v) is 13.8. The SMILES string of the molecule is CN(Cc1ccccc1)C(=O)NCC(C)(C)c1ccc(F)cc1. The molecule has 122 valence electrons. The van der Waals surface area contributed by atoms with E-state index in [2.05, 4.69) is 5.32 Å². The largest absolute Gasteiger partial charge is 0.337 e. The van der Waals surface area contributed by atoms with Crippen molar-refractivity contribution in [2.75, 3.05) is 13.6 Å². The summed E-state index contributed by atoms with van der Waals surface area (Å²) in [6.07, 6.45) is 0. The Balaban J connectivity index is 1.91. The van der Waals surface area contributed by atoms with Crippen LogP contribution in [0.15, 0.2) is 54.6 Å². The number of nitrogens with one attached hydrogen (secondary N) is 1.